The van der Waals surface area contributed by atoms with Gasteiger partial charge >= 0.3 is 0 Å². The fourth-order valence-electron chi connectivity index (χ4n) is 2.91. The van der Waals surface area contributed by atoms with Crippen molar-refractivity contribution in [2.45, 2.75) is 51.3 Å². The molecule has 3 nitrogen and oxygen atoms in total. The highest BCUT2D eigenvalue weighted by Crippen LogP contribution is 2.21. The first-order valence-electron chi connectivity index (χ1n) is 6.72. The van der Waals surface area contributed by atoms with Gasteiger partial charge in [0.25, 0.3) is 0 Å². The molecular formula is C13H26N2O. The second kappa shape index (κ2) is 5.48. The lowest BCUT2D eigenvalue weighted by Crippen LogP contribution is -2.52. The monoisotopic (exact) mass is 226 g/mol. The lowest BCUT2D eigenvalue weighted by atomic mass is 9.90. The van der Waals surface area contributed by atoms with E-state index in [2.05, 4.69) is 31.1 Å². The van der Waals surface area contributed by atoms with Gasteiger partial charge in [-0.1, -0.05) is 6.92 Å². The average molecular weight is 226 g/mol. The summed E-state index contributed by atoms with van der Waals surface area (Å²) in [4.78, 5) is 2.47. The van der Waals surface area contributed by atoms with Crippen LogP contribution in [0, 0.1) is 5.92 Å². The van der Waals surface area contributed by atoms with Crippen molar-refractivity contribution in [3.63, 3.8) is 0 Å². The van der Waals surface area contributed by atoms with E-state index in [9.17, 15) is 0 Å². The first-order chi connectivity index (χ1) is 7.66. The molecule has 2 saturated heterocycles. The van der Waals surface area contributed by atoms with Crippen molar-refractivity contribution in [3.8, 4) is 0 Å². The Morgan fingerprint density at radius 2 is 2.19 bits per heavy atom. The van der Waals surface area contributed by atoms with Gasteiger partial charge in [-0.2, -0.15) is 0 Å². The number of ether oxygens (including phenoxy) is 1. The van der Waals surface area contributed by atoms with Gasteiger partial charge in [0.2, 0.25) is 0 Å². The summed E-state index contributed by atoms with van der Waals surface area (Å²) in [5.74, 6) is 0.752. The van der Waals surface area contributed by atoms with Crippen molar-refractivity contribution in [2.75, 3.05) is 26.7 Å². The number of likely N-dealkylation sites (tertiary alicyclic amines) is 1. The van der Waals surface area contributed by atoms with Crippen molar-refractivity contribution in [1.29, 1.82) is 0 Å². The van der Waals surface area contributed by atoms with E-state index in [-0.39, 0.29) is 0 Å². The largest absolute Gasteiger partial charge is 0.377 e. The van der Waals surface area contributed by atoms with Gasteiger partial charge in [-0.25, -0.2) is 0 Å². The highest BCUT2D eigenvalue weighted by Gasteiger charge is 2.29. The Kier molecular flexibility index (Phi) is 4.22. The average Bonchev–Trinajstić information content (AvgIpc) is 2.74. The van der Waals surface area contributed by atoms with Crippen LogP contribution in [0.4, 0.5) is 0 Å². The Bertz CT molecular complexity index is 216. The quantitative estimate of drug-likeness (QED) is 0.789. The Morgan fingerprint density at radius 3 is 2.88 bits per heavy atom. The first-order valence-corrected chi connectivity index (χ1v) is 6.72. The summed E-state index contributed by atoms with van der Waals surface area (Å²) in [6.07, 6.45) is 4.22. The van der Waals surface area contributed by atoms with Crippen molar-refractivity contribution < 1.29 is 4.74 Å². The molecule has 16 heavy (non-hydrogen) atoms. The molecule has 0 aromatic heterocycles. The number of hydrogen-bond acceptors (Lipinski definition) is 3. The van der Waals surface area contributed by atoms with E-state index >= 15 is 0 Å². The molecule has 1 N–H and O–H groups in total. The zero-order valence-electron chi connectivity index (χ0n) is 10.9. The number of rotatable bonds is 3. The molecule has 0 aromatic rings. The summed E-state index contributed by atoms with van der Waals surface area (Å²) in [6.45, 7) is 7.91. The predicted octanol–water partition coefficient (Wildman–Crippen LogP) is 1.48. The molecule has 0 aromatic carbocycles. The molecule has 4 unspecified atom stereocenters. The molecule has 2 heterocycles. The lowest BCUT2D eigenvalue weighted by molar-refractivity contribution is 0.0858. The van der Waals surface area contributed by atoms with E-state index in [1.165, 1.54) is 25.8 Å². The van der Waals surface area contributed by atoms with Crippen LogP contribution in [0.15, 0.2) is 0 Å². The van der Waals surface area contributed by atoms with E-state index in [0.29, 0.717) is 18.2 Å². The molecule has 0 amide bonds. The molecule has 94 valence electrons. The Hall–Kier alpha value is -0.120. The summed E-state index contributed by atoms with van der Waals surface area (Å²) in [6, 6.07) is 1.38. The minimum absolute atomic E-state index is 0.474. The fraction of sp³-hybridized carbons (Fsp3) is 1.00. The summed E-state index contributed by atoms with van der Waals surface area (Å²) < 4.78 is 5.65. The van der Waals surface area contributed by atoms with Gasteiger partial charge < -0.3 is 15.0 Å². The molecule has 3 heteroatoms. The number of hydrogen-bond donors (Lipinski definition) is 1. The van der Waals surface area contributed by atoms with Crippen molar-refractivity contribution in [2.24, 2.45) is 5.92 Å². The minimum atomic E-state index is 0.474. The topological polar surface area (TPSA) is 24.5 Å². The van der Waals surface area contributed by atoms with Crippen molar-refractivity contribution in [3.05, 3.63) is 0 Å². The highest BCUT2D eigenvalue weighted by molar-refractivity contribution is 4.86. The Balaban J connectivity index is 1.75. The van der Waals surface area contributed by atoms with Crippen LogP contribution < -0.4 is 5.32 Å². The van der Waals surface area contributed by atoms with Crippen LogP contribution in [0.5, 0.6) is 0 Å². The van der Waals surface area contributed by atoms with Crippen LogP contribution in [-0.4, -0.2) is 49.8 Å². The van der Waals surface area contributed by atoms with E-state index in [0.717, 1.165) is 19.1 Å². The number of nitrogens with one attached hydrogen (secondary N) is 1. The second-order valence-electron chi connectivity index (χ2n) is 5.65. The van der Waals surface area contributed by atoms with Crippen LogP contribution in [0.1, 0.15) is 33.1 Å². The molecule has 0 saturated carbocycles. The Morgan fingerprint density at radius 1 is 1.38 bits per heavy atom. The minimum Gasteiger partial charge on any atom is -0.377 e. The number of nitrogens with zero attached hydrogens (tertiary/aromatic N) is 1. The molecule has 4 atom stereocenters. The molecule has 2 rings (SSSR count). The summed E-state index contributed by atoms with van der Waals surface area (Å²) in [7, 11) is 2.23. The molecule has 0 spiro atoms. The van der Waals surface area contributed by atoms with Crippen molar-refractivity contribution in [1.82, 2.24) is 10.2 Å². The maximum Gasteiger partial charge on any atom is 0.0700 e. The van der Waals surface area contributed by atoms with Gasteiger partial charge in [0.15, 0.2) is 0 Å². The molecule has 0 bridgehead atoms. The molecule has 2 aliphatic rings. The molecule has 2 fully saturated rings. The van der Waals surface area contributed by atoms with Gasteiger partial charge in [-0.05, 0) is 39.2 Å². The highest BCUT2D eigenvalue weighted by atomic mass is 16.5. The smallest absolute Gasteiger partial charge is 0.0700 e. The molecule has 0 aliphatic carbocycles. The summed E-state index contributed by atoms with van der Waals surface area (Å²) in [5.41, 5.74) is 0. The van der Waals surface area contributed by atoms with Crippen molar-refractivity contribution >= 4 is 0 Å². The van der Waals surface area contributed by atoms with Gasteiger partial charge in [0, 0.05) is 31.8 Å². The van der Waals surface area contributed by atoms with E-state index in [1.807, 2.05) is 0 Å². The third kappa shape index (κ3) is 2.96. The van der Waals surface area contributed by atoms with Crippen LogP contribution in [0.25, 0.3) is 0 Å². The second-order valence-corrected chi connectivity index (χ2v) is 5.65. The maximum atomic E-state index is 5.65. The number of piperidine rings is 1. The van der Waals surface area contributed by atoms with E-state index in [1.54, 1.807) is 0 Å². The van der Waals surface area contributed by atoms with Crippen LogP contribution in [0.2, 0.25) is 0 Å². The van der Waals surface area contributed by atoms with Gasteiger partial charge in [0.1, 0.15) is 0 Å². The lowest BCUT2D eigenvalue weighted by Gasteiger charge is -2.40. The summed E-state index contributed by atoms with van der Waals surface area (Å²) in [5, 5.41) is 3.71. The maximum absolute atomic E-state index is 5.65. The van der Waals surface area contributed by atoms with Gasteiger partial charge in [-0.3, -0.25) is 0 Å². The third-order valence-corrected chi connectivity index (χ3v) is 4.24. The SMILES string of the molecule is CC1CN(C)C(C)CC1NCC1CCCO1. The molecule has 0 radical (unpaired) electrons. The molecule has 2 aliphatic heterocycles. The zero-order valence-corrected chi connectivity index (χ0v) is 10.9. The summed E-state index contributed by atoms with van der Waals surface area (Å²) >= 11 is 0. The molecular weight excluding hydrogens is 200 g/mol. The van der Waals surface area contributed by atoms with E-state index in [4.69, 9.17) is 4.74 Å². The third-order valence-electron chi connectivity index (χ3n) is 4.24. The normalized spacial score (nSPS) is 41.4. The zero-order chi connectivity index (χ0) is 11.5. The first kappa shape index (κ1) is 12.3. The van der Waals surface area contributed by atoms with Crippen LogP contribution in [-0.2, 0) is 4.74 Å². The van der Waals surface area contributed by atoms with Gasteiger partial charge in [0.05, 0.1) is 6.10 Å². The van der Waals surface area contributed by atoms with E-state index < -0.39 is 0 Å². The standard InChI is InChI=1S/C13H26N2O/c1-10-9-15(3)11(2)7-13(10)14-8-12-5-4-6-16-12/h10-14H,4-9H2,1-3H3. The predicted molar refractivity (Wildman–Crippen MR) is 66.6 cm³/mol. The fourth-order valence-corrected chi connectivity index (χ4v) is 2.91. The van der Waals surface area contributed by atoms with Crippen LogP contribution >= 0.6 is 0 Å². The van der Waals surface area contributed by atoms with Gasteiger partial charge in [-0.15, -0.1) is 0 Å². The van der Waals surface area contributed by atoms with Crippen LogP contribution in [0.3, 0.4) is 0 Å². The Labute approximate surface area is 99.5 Å².